The fourth-order valence-corrected chi connectivity index (χ4v) is 5.83. The molecule has 1 N–H and O–H groups in total. The highest BCUT2D eigenvalue weighted by molar-refractivity contribution is 5.71. The smallest absolute Gasteiger partial charge is 0.410 e. The Labute approximate surface area is 245 Å². The first-order valence-corrected chi connectivity index (χ1v) is 14.7. The number of hydrogen-bond donors (Lipinski definition) is 1. The number of carbonyl (C=O) groups excluding carboxylic acids is 2. The lowest BCUT2D eigenvalue weighted by atomic mass is 9.80. The largest absolute Gasteiger partial charge is 0.506 e. The van der Waals surface area contributed by atoms with Crippen LogP contribution in [-0.2, 0) is 22.5 Å². The molecule has 1 fully saturated rings. The van der Waals surface area contributed by atoms with Gasteiger partial charge in [-0.25, -0.2) is 14.3 Å². The molecule has 1 unspecified atom stereocenters. The number of aromatic nitrogens is 2. The number of benzene rings is 2. The van der Waals surface area contributed by atoms with Crippen LogP contribution in [0.3, 0.4) is 0 Å². The number of phenolic OH excluding ortho intramolecular Hbond substituents is 1. The maximum atomic E-state index is 13.4. The quantitative estimate of drug-likeness (QED) is 0.425. The van der Waals surface area contributed by atoms with E-state index in [-0.39, 0.29) is 32.1 Å². The van der Waals surface area contributed by atoms with E-state index in [0.717, 1.165) is 35.2 Å². The van der Waals surface area contributed by atoms with Crippen molar-refractivity contribution in [3.05, 3.63) is 70.9 Å². The van der Waals surface area contributed by atoms with Crippen LogP contribution < -0.4 is 4.74 Å². The molecule has 0 radical (unpaired) electrons. The van der Waals surface area contributed by atoms with Crippen LogP contribution in [0.15, 0.2) is 48.5 Å². The van der Waals surface area contributed by atoms with Gasteiger partial charge in [-0.05, 0) is 62.8 Å². The Morgan fingerprint density at radius 2 is 1.86 bits per heavy atom. The number of phenols is 1. The first-order valence-electron chi connectivity index (χ1n) is 14.7. The van der Waals surface area contributed by atoms with Gasteiger partial charge in [0.25, 0.3) is 0 Å². The number of aromatic hydroxyl groups is 1. The lowest BCUT2D eigenvalue weighted by molar-refractivity contribution is 0.00636. The van der Waals surface area contributed by atoms with Gasteiger partial charge in [0.15, 0.2) is 0 Å². The normalized spacial score (nSPS) is 18.7. The van der Waals surface area contributed by atoms with Crippen molar-refractivity contribution in [2.75, 3.05) is 26.2 Å². The van der Waals surface area contributed by atoms with Crippen LogP contribution in [0.2, 0.25) is 0 Å². The third-order valence-electron chi connectivity index (χ3n) is 8.18. The lowest BCUT2D eigenvalue weighted by Crippen LogP contribution is -2.49. The van der Waals surface area contributed by atoms with Gasteiger partial charge in [0, 0.05) is 19.5 Å². The van der Waals surface area contributed by atoms with Gasteiger partial charge in [0.05, 0.1) is 23.8 Å². The standard InChI is InChI=1S/C32H38N4O6/c1-32(2,3)42-31(39)35-15-14-25-28-26(35)19-34(30(38)41-20-21-8-5-4-6-9-21)16-17-40-29(28)33-36(25)24-13-12-23(18-27(24)37)22-10-7-11-22/h4-6,8-9,12-13,18,22,26,37H,7,10-11,14-17,19-20H2,1-3H3. The van der Waals surface area contributed by atoms with Crippen molar-refractivity contribution < 1.29 is 28.9 Å². The molecular weight excluding hydrogens is 536 g/mol. The second kappa shape index (κ2) is 11.2. The molecule has 0 spiro atoms. The minimum absolute atomic E-state index is 0.141. The van der Waals surface area contributed by atoms with Gasteiger partial charge in [-0.15, -0.1) is 5.10 Å². The van der Waals surface area contributed by atoms with Crippen molar-refractivity contribution >= 4 is 12.2 Å². The molecule has 10 heteroatoms. The predicted molar refractivity (Wildman–Crippen MR) is 155 cm³/mol. The zero-order chi connectivity index (χ0) is 29.4. The Morgan fingerprint density at radius 3 is 2.55 bits per heavy atom. The average Bonchev–Trinajstić information content (AvgIpc) is 3.27. The number of rotatable bonds is 4. The average molecular weight is 575 g/mol. The molecule has 1 aliphatic carbocycles. The van der Waals surface area contributed by atoms with Crippen molar-refractivity contribution in [1.82, 2.24) is 19.6 Å². The summed E-state index contributed by atoms with van der Waals surface area (Å²) in [6, 6.07) is 14.7. The monoisotopic (exact) mass is 574 g/mol. The van der Waals surface area contributed by atoms with Gasteiger partial charge in [0.1, 0.15) is 30.3 Å². The van der Waals surface area contributed by atoms with Crippen molar-refractivity contribution in [2.45, 2.75) is 70.6 Å². The third kappa shape index (κ3) is 5.62. The molecule has 2 amide bonds. The van der Waals surface area contributed by atoms with Gasteiger partial charge in [0.2, 0.25) is 5.88 Å². The van der Waals surface area contributed by atoms with Crippen molar-refractivity contribution in [3.8, 4) is 17.3 Å². The van der Waals surface area contributed by atoms with Gasteiger partial charge >= 0.3 is 12.2 Å². The minimum Gasteiger partial charge on any atom is -0.506 e. The van der Waals surface area contributed by atoms with E-state index >= 15 is 0 Å². The molecule has 10 nitrogen and oxygen atoms in total. The Bertz CT molecular complexity index is 1460. The molecule has 1 aromatic heterocycles. The number of amides is 2. The summed E-state index contributed by atoms with van der Waals surface area (Å²) in [6.07, 6.45) is 3.01. The van der Waals surface area contributed by atoms with Crippen LogP contribution in [0, 0.1) is 0 Å². The second-order valence-electron chi connectivity index (χ2n) is 12.2. The van der Waals surface area contributed by atoms with E-state index in [4.69, 9.17) is 19.3 Å². The fourth-order valence-electron chi connectivity index (χ4n) is 5.83. The molecule has 1 atom stereocenters. The molecule has 2 aliphatic heterocycles. The summed E-state index contributed by atoms with van der Waals surface area (Å²) in [5.74, 6) is 1.04. The van der Waals surface area contributed by atoms with E-state index in [0.29, 0.717) is 30.5 Å². The van der Waals surface area contributed by atoms with Gasteiger partial charge in [-0.1, -0.05) is 42.8 Å². The summed E-state index contributed by atoms with van der Waals surface area (Å²) < 4.78 is 19.3. The van der Waals surface area contributed by atoms with E-state index in [1.165, 1.54) is 6.42 Å². The molecule has 42 heavy (non-hydrogen) atoms. The number of nitrogens with zero attached hydrogens (tertiary/aromatic N) is 4. The number of carbonyl (C=O) groups is 2. The molecular formula is C32H38N4O6. The highest BCUT2D eigenvalue weighted by atomic mass is 16.6. The van der Waals surface area contributed by atoms with Crippen LogP contribution >= 0.6 is 0 Å². The topological polar surface area (TPSA) is 106 Å². The Hall–Kier alpha value is -4.21. The van der Waals surface area contributed by atoms with Crippen LogP contribution in [0.4, 0.5) is 9.59 Å². The highest BCUT2D eigenvalue weighted by Crippen LogP contribution is 2.42. The summed E-state index contributed by atoms with van der Waals surface area (Å²) in [7, 11) is 0. The van der Waals surface area contributed by atoms with Gasteiger partial charge in [-0.3, -0.25) is 4.90 Å². The summed E-state index contributed by atoms with van der Waals surface area (Å²) in [5, 5.41) is 15.9. The molecule has 2 aromatic carbocycles. The van der Waals surface area contributed by atoms with Crippen molar-refractivity contribution in [3.63, 3.8) is 0 Å². The molecule has 3 heterocycles. The molecule has 1 saturated carbocycles. The lowest BCUT2D eigenvalue weighted by Gasteiger charge is -2.40. The summed E-state index contributed by atoms with van der Waals surface area (Å²) in [6.45, 7) is 6.63. The molecule has 222 valence electrons. The molecule has 0 bridgehead atoms. The Kier molecular flexibility index (Phi) is 7.47. The second-order valence-corrected chi connectivity index (χ2v) is 12.2. The summed E-state index contributed by atoms with van der Waals surface area (Å²) in [4.78, 5) is 29.9. The van der Waals surface area contributed by atoms with E-state index in [1.54, 1.807) is 14.5 Å². The van der Waals surface area contributed by atoms with Gasteiger partial charge < -0.3 is 24.2 Å². The molecule has 3 aliphatic rings. The Balaban J connectivity index is 1.33. The highest BCUT2D eigenvalue weighted by Gasteiger charge is 2.42. The Morgan fingerprint density at radius 1 is 1.07 bits per heavy atom. The maximum absolute atomic E-state index is 13.4. The van der Waals surface area contributed by atoms with E-state index < -0.39 is 23.8 Å². The minimum atomic E-state index is -0.690. The summed E-state index contributed by atoms with van der Waals surface area (Å²) >= 11 is 0. The fraction of sp³-hybridized carbons (Fsp3) is 0.469. The zero-order valence-electron chi connectivity index (χ0n) is 24.4. The molecule has 0 saturated heterocycles. The van der Waals surface area contributed by atoms with Crippen molar-refractivity contribution in [1.29, 1.82) is 0 Å². The van der Waals surface area contributed by atoms with Crippen LogP contribution in [0.5, 0.6) is 11.6 Å². The van der Waals surface area contributed by atoms with E-state index in [1.807, 2.05) is 63.2 Å². The molecule has 6 rings (SSSR count). The third-order valence-corrected chi connectivity index (χ3v) is 8.18. The predicted octanol–water partition coefficient (Wildman–Crippen LogP) is 5.71. The number of ether oxygens (including phenoxy) is 3. The van der Waals surface area contributed by atoms with Crippen LogP contribution in [0.25, 0.3) is 5.69 Å². The van der Waals surface area contributed by atoms with E-state index in [2.05, 4.69) is 6.07 Å². The SMILES string of the molecule is CC(C)(C)OC(=O)N1CCc2c3c(nn2-c2ccc(C4CCC4)cc2O)OCCN(C(=O)OCc2ccccc2)CC31. The van der Waals surface area contributed by atoms with Crippen LogP contribution in [-0.4, -0.2) is 68.7 Å². The first-order chi connectivity index (χ1) is 20.2. The van der Waals surface area contributed by atoms with Crippen LogP contribution in [0.1, 0.15) is 74.4 Å². The first kappa shape index (κ1) is 27.9. The van der Waals surface area contributed by atoms with Gasteiger partial charge in [-0.2, -0.15) is 0 Å². The number of hydrogen-bond acceptors (Lipinski definition) is 7. The maximum Gasteiger partial charge on any atom is 0.410 e. The van der Waals surface area contributed by atoms with E-state index in [9.17, 15) is 14.7 Å². The van der Waals surface area contributed by atoms with Crippen molar-refractivity contribution in [2.24, 2.45) is 0 Å². The molecule has 3 aromatic rings. The zero-order valence-corrected chi connectivity index (χ0v) is 24.4. The summed E-state index contributed by atoms with van der Waals surface area (Å²) in [5.41, 5.74) is 3.45.